The molecule has 3 aliphatic rings. The smallest absolute Gasteiger partial charge is 0.228 e. The zero-order valence-corrected chi connectivity index (χ0v) is 16.5. The van der Waals surface area contributed by atoms with Crippen molar-refractivity contribution in [2.75, 3.05) is 19.7 Å². The van der Waals surface area contributed by atoms with Crippen LogP contribution >= 0.6 is 11.3 Å². The maximum Gasteiger partial charge on any atom is 0.228 e. The lowest BCUT2D eigenvalue weighted by Crippen LogP contribution is -2.45. The van der Waals surface area contributed by atoms with Crippen molar-refractivity contribution in [3.05, 3.63) is 22.4 Å². The molecule has 2 saturated heterocycles. The maximum absolute atomic E-state index is 12.8. The monoisotopic (exact) mass is 376 g/mol. The predicted molar refractivity (Wildman–Crippen MR) is 101 cm³/mol. The first-order valence-electron chi connectivity index (χ1n) is 9.69. The molecule has 5 nitrogen and oxygen atoms in total. The molecular formula is C20H28N2O3S. The van der Waals surface area contributed by atoms with Crippen LogP contribution < -0.4 is 0 Å². The minimum Gasteiger partial charge on any atom is -0.378 e. The summed E-state index contributed by atoms with van der Waals surface area (Å²) in [6, 6.07) is 2.44. The molecule has 2 amide bonds. The molecule has 1 saturated carbocycles. The first-order valence-corrected chi connectivity index (χ1v) is 10.6. The Balaban J connectivity index is 1.35. The van der Waals surface area contributed by atoms with Gasteiger partial charge in [0.25, 0.3) is 0 Å². The van der Waals surface area contributed by atoms with E-state index in [1.165, 1.54) is 5.56 Å². The van der Waals surface area contributed by atoms with E-state index in [2.05, 4.69) is 16.8 Å². The van der Waals surface area contributed by atoms with Crippen molar-refractivity contribution in [2.45, 2.75) is 58.2 Å². The fourth-order valence-electron chi connectivity index (χ4n) is 4.79. The lowest BCUT2D eigenvalue weighted by molar-refractivity contribution is -0.139. The quantitative estimate of drug-likeness (QED) is 0.812. The standard InChI is InChI=1S/C20H28N2O3S/c1-14-17(3-9-25-14)19(24)21-7-5-20(6-8-21)11-18(20)22(15(2)23)12-16-4-10-26-13-16/h4,10,13-14,17-18H,3,5-9,11-12H2,1-2H3/t14-,17+,18+/m0/s1. The van der Waals surface area contributed by atoms with Gasteiger partial charge in [-0.15, -0.1) is 0 Å². The SMILES string of the molecule is CC(=O)N(Cc1ccsc1)[C@@H]1CC12CCN(C(=O)[C@@H]1CCO[C@H]1C)CC2. The Morgan fingerprint density at radius 3 is 2.73 bits per heavy atom. The second-order valence-corrected chi connectivity index (χ2v) is 8.94. The van der Waals surface area contributed by atoms with Gasteiger partial charge in [0.1, 0.15) is 0 Å². The van der Waals surface area contributed by atoms with E-state index >= 15 is 0 Å². The molecule has 0 aromatic carbocycles. The van der Waals surface area contributed by atoms with E-state index in [0.29, 0.717) is 19.2 Å². The zero-order chi connectivity index (χ0) is 18.3. The van der Waals surface area contributed by atoms with Crippen molar-refractivity contribution in [1.82, 2.24) is 9.80 Å². The van der Waals surface area contributed by atoms with E-state index in [0.717, 1.165) is 38.8 Å². The summed E-state index contributed by atoms with van der Waals surface area (Å²) in [6.45, 7) is 6.75. The summed E-state index contributed by atoms with van der Waals surface area (Å²) in [5, 5.41) is 4.19. The van der Waals surface area contributed by atoms with Crippen molar-refractivity contribution >= 4 is 23.2 Å². The predicted octanol–water partition coefficient (Wildman–Crippen LogP) is 2.90. The van der Waals surface area contributed by atoms with Crippen molar-refractivity contribution in [1.29, 1.82) is 0 Å². The summed E-state index contributed by atoms with van der Waals surface area (Å²) in [5.41, 5.74) is 1.45. The van der Waals surface area contributed by atoms with Crippen LogP contribution in [0.1, 0.15) is 45.1 Å². The Bertz CT molecular complexity index is 667. The molecule has 1 aliphatic carbocycles. The van der Waals surface area contributed by atoms with Crippen molar-refractivity contribution in [2.24, 2.45) is 11.3 Å². The van der Waals surface area contributed by atoms with E-state index in [-0.39, 0.29) is 29.3 Å². The number of ether oxygens (including phenoxy) is 1. The number of rotatable bonds is 4. The van der Waals surface area contributed by atoms with Gasteiger partial charge in [0.2, 0.25) is 11.8 Å². The minimum absolute atomic E-state index is 0.0337. The van der Waals surface area contributed by atoms with E-state index in [1.54, 1.807) is 18.3 Å². The third-order valence-corrected chi connectivity index (χ3v) is 7.36. The highest BCUT2D eigenvalue weighted by Gasteiger charge is 2.58. The largest absolute Gasteiger partial charge is 0.378 e. The maximum atomic E-state index is 12.8. The molecule has 3 fully saturated rings. The number of carbonyl (C=O) groups is 2. The Kier molecular flexibility index (Phi) is 4.82. The number of carbonyl (C=O) groups excluding carboxylic acids is 2. The number of amides is 2. The summed E-state index contributed by atoms with van der Waals surface area (Å²) < 4.78 is 5.56. The fraction of sp³-hybridized carbons (Fsp3) is 0.700. The Morgan fingerprint density at radius 2 is 2.15 bits per heavy atom. The van der Waals surface area contributed by atoms with Crippen LogP contribution in [-0.2, 0) is 20.9 Å². The number of piperidine rings is 1. The molecule has 1 spiro atoms. The van der Waals surface area contributed by atoms with Crippen LogP contribution in [-0.4, -0.2) is 53.5 Å². The molecule has 26 heavy (non-hydrogen) atoms. The number of hydrogen-bond acceptors (Lipinski definition) is 4. The van der Waals surface area contributed by atoms with Crippen LogP contribution in [0, 0.1) is 11.3 Å². The van der Waals surface area contributed by atoms with Crippen LogP contribution in [0.2, 0.25) is 0 Å². The topological polar surface area (TPSA) is 49.9 Å². The van der Waals surface area contributed by atoms with E-state index < -0.39 is 0 Å². The molecule has 3 heterocycles. The van der Waals surface area contributed by atoms with Gasteiger partial charge in [-0.1, -0.05) is 0 Å². The molecule has 0 bridgehead atoms. The highest BCUT2D eigenvalue weighted by atomic mass is 32.1. The molecule has 3 atom stereocenters. The van der Waals surface area contributed by atoms with Crippen LogP contribution in [0.15, 0.2) is 16.8 Å². The molecule has 2 aliphatic heterocycles. The van der Waals surface area contributed by atoms with Gasteiger partial charge in [-0.2, -0.15) is 11.3 Å². The Labute approximate surface area is 159 Å². The highest BCUT2D eigenvalue weighted by Crippen LogP contribution is 2.57. The van der Waals surface area contributed by atoms with Gasteiger partial charge in [-0.05, 0) is 60.4 Å². The Morgan fingerprint density at radius 1 is 1.38 bits per heavy atom. The van der Waals surface area contributed by atoms with E-state index in [9.17, 15) is 9.59 Å². The summed E-state index contributed by atoms with van der Waals surface area (Å²) in [4.78, 5) is 29.1. The van der Waals surface area contributed by atoms with Crippen LogP contribution in [0.5, 0.6) is 0 Å². The first kappa shape index (κ1) is 18.0. The summed E-state index contributed by atoms with van der Waals surface area (Å²) in [5.74, 6) is 0.462. The van der Waals surface area contributed by atoms with Crippen LogP contribution in [0.4, 0.5) is 0 Å². The molecule has 6 heteroatoms. The van der Waals surface area contributed by atoms with E-state index in [4.69, 9.17) is 4.74 Å². The van der Waals surface area contributed by atoms with Crippen molar-refractivity contribution in [3.63, 3.8) is 0 Å². The molecule has 0 unspecified atom stereocenters. The molecule has 1 aromatic heterocycles. The number of nitrogens with zero attached hydrogens (tertiary/aromatic N) is 2. The average molecular weight is 377 g/mol. The summed E-state index contributed by atoms with van der Waals surface area (Å²) in [6.07, 6.45) is 4.01. The third kappa shape index (κ3) is 3.29. The number of thiophene rings is 1. The first-order chi connectivity index (χ1) is 12.5. The van der Waals surface area contributed by atoms with Gasteiger partial charge < -0.3 is 14.5 Å². The van der Waals surface area contributed by atoms with Gasteiger partial charge in [0, 0.05) is 39.2 Å². The lowest BCUT2D eigenvalue weighted by Gasteiger charge is -2.36. The van der Waals surface area contributed by atoms with Gasteiger partial charge in [-0.3, -0.25) is 9.59 Å². The van der Waals surface area contributed by atoms with Gasteiger partial charge in [0.15, 0.2) is 0 Å². The second-order valence-electron chi connectivity index (χ2n) is 8.16. The third-order valence-electron chi connectivity index (χ3n) is 6.62. The minimum atomic E-state index is 0.0337. The zero-order valence-electron chi connectivity index (χ0n) is 15.6. The number of hydrogen-bond donors (Lipinski definition) is 0. The molecule has 0 N–H and O–H groups in total. The van der Waals surface area contributed by atoms with E-state index in [1.807, 2.05) is 16.7 Å². The van der Waals surface area contributed by atoms with Gasteiger partial charge in [0.05, 0.1) is 12.0 Å². The van der Waals surface area contributed by atoms with Gasteiger partial charge in [-0.25, -0.2) is 0 Å². The van der Waals surface area contributed by atoms with Crippen LogP contribution in [0.25, 0.3) is 0 Å². The summed E-state index contributed by atoms with van der Waals surface area (Å²) >= 11 is 1.68. The van der Waals surface area contributed by atoms with Crippen LogP contribution in [0.3, 0.4) is 0 Å². The normalized spacial score (nSPS) is 29.8. The average Bonchev–Trinajstić information content (AvgIpc) is 2.98. The number of likely N-dealkylation sites (tertiary alicyclic amines) is 1. The molecule has 4 rings (SSSR count). The highest BCUT2D eigenvalue weighted by molar-refractivity contribution is 7.07. The molecule has 0 radical (unpaired) electrons. The fourth-order valence-corrected chi connectivity index (χ4v) is 5.45. The van der Waals surface area contributed by atoms with Crippen molar-refractivity contribution < 1.29 is 14.3 Å². The molecule has 1 aromatic rings. The second kappa shape index (κ2) is 6.97. The molecule has 142 valence electrons. The van der Waals surface area contributed by atoms with Gasteiger partial charge >= 0.3 is 0 Å². The Hall–Kier alpha value is -1.40. The van der Waals surface area contributed by atoms with Crippen molar-refractivity contribution in [3.8, 4) is 0 Å². The summed E-state index contributed by atoms with van der Waals surface area (Å²) in [7, 11) is 0. The lowest BCUT2D eigenvalue weighted by atomic mass is 9.90. The molecular weight excluding hydrogens is 348 g/mol.